The molecule has 2 aliphatic heterocycles. The lowest BCUT2D eigenvalue weighted by atomic mass is 10.0. The highest BCUT2D eigenvalue weighted by molar-refractivity contribution is 5.76. The van der Waals surface area contributed by atoms with Gasteiger partial charge in [-0.05, 0) is 31.2 Å². The molecule has 186 valence electrons. The van der Waals surface area contributed by atoms with E-state index in [-0.39, 0.29) is 12.3 Å². The summed E-state index contributed by atoms with van der Waals surface area (Å²) in [5, 5.41) is 16.1. The molecule has 35 heavy (non-hydrogen) atoms. The number of carbonyl (C=O) groups excluding carboxylic acids is 1. The average molecular weight is 481 g/mol. The van der Waals surface area contributed by atoms with Crippen LogP contribution < -0.4 is 10.2 Å². The molecular weight excluding hydrogens is 447 g/mol. The molecule has 0 radical (unpaired) electrons. The number of aryl methyl sites for hydroxylation is 1. The number of piperazine rings is 1. The summed E-state index contributed by atoms with van der Waals surface area (Å²) in [6.45, 7) is 5.64. The van der Waals surface area contributed by atoms with Gasteiger partial charge in [-0.25, -0.2) is 4.39 Å². The van der Waals surface area contributed by atoms with Gasteiger partial charge in [0, 0.05) is 58.7 Å². The highest BCUT2D eigenvalue weighted by Gasteiger charge is 2.30. The highest BCUT2D eigenvalue weighted by Crippen LogP contribution is 2.18. The van der Waals surface area contributed by atoms with Crippen molar-refractivity contribution < 1.29 is 9.18 Å². The van der Waals surface area contributed by atoms with Crippen molar-refractivity contribution in [3.63, 3.8) is 0 Å². The van der Waals surface area contributed by atoms with Crippen molar-refractivity contribution in [3.05, 3.63) is 53.9 Å². The number of amides is 1. The number of piperidine rings is 1. The van der Waals surface area contributed by atoms with E-state index in [1.54, 1.807) is 4.52 Å². The van der Waals surface area contributed by atoms with Gasteiger partial charge in [-0.1, -0.05) is 30.3 Å². The first-order chi connectivity index (χ1) is 17.0. The number of likely N-dealkylation sites (N-methyl/N-ethyl adjacent to an activating group) is 1. The number of hydrogen-bond acceptors (Lipinski definition) is 7. The van der Waals surface area contributed by atoms with E-state index in [0.29, 0.717) is 30.9 Å². The Kier molecular flexibility index (Phi) is 7.19. The van der Waals surface area contributed by atoms with Crippen molar-refractivity contribution in [2.24, 2.45) is 0 Å². The molecule has 10 heteroatoms. The molecule has 2 aromatic heterocycles. The molecule has 3 aromatic rings. The number of carbonyl (C=O) groups is 1. The summed E-state index contributed by atoms with van der Waals surface area (Å²) < 4.78 is 16.6. The minimum absolute atomic E-state index is 0.166. The Morgan fingerprint density at radius 3 is 2.63 bits per heavy atom. The van der Waals surface area contributed by atoms with Crippen molar-refractivity contribution in [2.45, 2.75) is 38.0 Å². The van der Waals surface area contributed by atoms with Crippen LogP contribution in [0.4, 0.5) is 10.2 Å². The van der Waals surface area contributed by atoms with Gasteiger partial charge in [0.25, 0.3) is 0 Å². The zero-order chi connectivity index (χ0) is 24.2. The maximum absolute atomic E-state index is 14.8. The van der Waals surface area contributed by atoms with E-state index in [1.165, 1.54) is 5.56 Å². The molecule has 5 rings (SSSR count). The van der Waals surface area contributed by atoms with Gasteiger partial charge in [0.2, 0.25) is 5.91 Å². The van der Waals surface area contributed by atoms with Crippen LogP contribution in [-0.4, -0.2) is 94.0 Å². The second-order valence-corrected chi connectivity index (χ2v) is 9.57. The van der Waals surface area contributed by atoms with Crippen LogP contribution in [0.5, 0.6) is 0 Å². The summed E-state index contributed by atoms with van der Waals surface area (Å²) in [6, 6.07) is 13.5. The highest BCUT2D eigenvalue weighted by atomic mass is 19.1. The lowest BCUT2D eigenvalue weighted by molar-refractivity contribution is -0.122. The number of hydrogen-bond donors (Lipinski definition) is 1. The van der Waals surface area contributed by atoms with Gasteiger partial charge in [-0.2, -0.15) is 4.52 Å². The maximum Gasteiger partial charge on any atom is 0.220 e. The number of anilines is 1. The number of benzene rings is 1. The Labute approximate surface area is 204 Å². The second-order valence-electron chi connectivity index (χ2n) is 9.57. The zero-order valence-corrected chi connectivity index (χ0v) is 20.2. The van der Waals surface area contributed by atoms with Gasteiger partial charge in [-0.3, -0.25) is 9.69 Å². The predicted molar refractivity (Wildman–Crippen MR) is 132 cm³/mol. The van der Waals surface area contributed by atoms with E-state index in [2.05, 4.69) is 49.4 Å². The van der Waals surface area contributed by atoms with Crippen LogP contribution in [0.25, 0.3) is 5.65 Å². The van der Waals surface area contributed by atoms with E-state index in [4.69, 9.17) is 5.10 Å². The third-order valence-corrected chi connectivity index (χ3v) is 6.94. The van der Waals surface area contributed by atoms with E-state index >= 15 is 0 Å². The number of alkyl halides is 1. The lowest BCUT2D eigenvalue weighted by Gasteiger charge is -2.35. The van der Waals surface area contributed by atoms with Crippen LogP contribution in [0.2, 0.25) is 0 Å². The third kappa shape index (κ3) is 5.76. The van der Waals surface area contributed by atoms with Gasteiger partial charge in [0.05, 0.1) is 6.04 Å². The summed E-state index contributed by atoms with van der Waals surface area (Å²) in [7, 11) is 2.12. The molecule has 0 bridgehead atoms. The Morgan fingerprint density at radius 2 is 1.86 bits per heavy atom. The van der Waals surface area contributed by atoms with Crippen molar-refractivity contribution in [3.8, 4) is 0 Å². The van der Waals surface area contributed by atoms with Crippen molar-refractivity contribution in [1.29, 1.82) is 0 Å². The van der Waals surface area contributed by atoms with Crippen molar-refractivity contribution in [2.75, 3.05) is 51.2 Å². The zero-order valence-electron chi connectivity index (χ0n) is 20.2. The first-order valence-corrected chi connectivity index (χ1v) is 12.4. The second kappa shape index (κ2) is 10.7. The molecule has 0 saturated carbocycles. The number of halogens is 1. The van der Waals surface area contributed by atoms with Gasteiger partial charge in [-0.15, -0.1) is 15.3 Å². The van der Waals surface area contributed by atoms with Crippen LogP contribution in [0.3, 0.4) is 0 Å². The van der Waals surface area contributed by atoms with Gasteiger partial charge in [0.1, 0.15) is 12.0 Å². The minimum Gasteiger partial charge on any atom is -0.353 e. The summed E-state index contributed by atoms with van der Waals surface area (Å²) in [5.41, 5.74) is 1.83. The molecule has 2 fully saturated rings. The van der Waals surface area contributed by atoms with Gasteiger partial charge < -0.3 is 15.1 Å². The minimum atomic E-state index is -1.09. The monoisotopic (exact) mass is 480 g/mol. The van der Waals surface area contributed by atoms with Gasteiger partial charge in [0.15, 0.2) is 11.5 Å². The topological polar surface area (TPSA) is 81.9 Å². The molecule has 1 aromatic carbocycles. The summed E-state index contributed by atoms with van der Waals surface area (Å²) in [6.07, 6.45) is 0.135. The number of nitrogens with zero attached hydrogens (tertiary/aromatic N) is 7. The molecule has 0 unspecified atom stereocenters. The molecular formula is C25H33FN8O. The van der Waals surface area contributed by atoms with Gasteiger partial charge >= 0.3 is 0 Å². The Bertz CT molecular complexity index is 1130. The molecule has 2 atom stereocenters. The fourth-order valence-corrected chi connectivity index (χ4v) is 4.80. The van der Waals surface area contributed by atoms with Crippen LogP contribution >= 0.6 is 0 Å². The Balaban J connectivity index is 1.13. The molecule has 1 N–H and O–H groups in total. The number of fused-ring (bicyclic) bond motifs is 1. The quantitative estimate of drug-likeness (QED) is 0.549. The summed E-state index contributed by atoms with van der Waals surface area (Å²) in [4.78, 5) is 19.3. The van der Waals surface area contributed by atoms with Crippen molar-refractivity contribution in [1.82, 2.24) is 34.9 Å². The molecule has 9 nitrogen and oxygen atoms in total. The van der Waals surface area contributed by atoms with Crippen LogP contribution in [0.15, 0.2) is 42.5 Å². The summed E-state index contributed by atoms with van der Waals surface area (Å²) in [5.74, 6) is 1.36. The number of likely N-dealkylation sites (tertiary alicyclic amines) is 1. The van der Waals surface area contributed by atoms with Crippen LogP contribution in [0, 0.1) is 0 Å². The number of rotatable bonds is 7. The fourth-order valence-electron chi connectivity index (χ4n) is 4.80. The van der Waals surface area contributed by atoms with E-state index in [0.717, 1.165) is 45.1 Å². The molecule has 0 aliphatic carbocycles. The SMILES string of the molecule is CN1CCN(c2ccc3nnc(CCC(=O)N[C@H]4CCN(Cc5ccccc5)C[C@H]4F)n3n2)CC1. The molecule has 2 saturated heterocycles. The predicted octanol–water partition coefficient (Wildman–Crippen LogP) is 1.54. The number of nitrogens with one attached hydrogen (secondary N) is 1. The molecule has 1 amide bonds. The largest absolute Gasteiger partial charge is 0.353 e. The molecule has 2 aliphatic rings. The lowest BCUT2D eigenvalue weighted by Crippen LogP contribution is -2.52. The fraction of sp³-hybridized carbons (Fsp3) is 0.520. The van der Waals surface area contributed by atoms with E-state index in [1.807, 2.05) is 30.3 Å². The van der Waals surface area contributed by atoms with Crippen LogP contribution in [-0.2, 0) is 17.8 Å². The normalized spacial score (nSPS) is 21.9. The maximum atomic E-state index is 14.8. The van der Waals surface area contributed by atoms with E-state index < -0.39 is 12.2 Å². The smallest absolute Gasteiger partial charge is 0.220 e. The van der Waals surface area contributed by atoms with Crippen LogP contribution in [0.1, 0.15) is 24.2 Å². The first-order valence-electron chi connectivity index (χ1n) is 12.4. The van der Waals surface area contributed by atoms with Crippen molar-refractivity contribution >= 4 is 17.4 Å². The Hall–Kier alpha value is -3.11. The number of aromatic nitrogens is 4. The average Bonchev–Trinajstić information content (AvgIpc) is 3.28. The molecule has 0 spiro atoms. The first kappa shape index (κ1) is 23.6. The van der Waals surface area contributed by atoms with E-state index in [9.17, 15) is 9.18 Å². The summed E-state index contributed by atoms with van der Waals surface area (Å²) >= 11 is 0. The third-order valence-electron chi connectivity index (χ3n) is 6.94. The standard InChI is InChI=1S/C25H33FN8O/c1-31-13-15-33(16-14-31)24-8-7-22-28-29-23(34(22)30-24)9-10-25(35)27-21-11-12-32(18-20(21)26)17-19-5-3-2-4-6-19/h2-8,20-21H,9-18H2,1H3,(H,27,35)/t20-,21+/m1/s1. The molecule has 4 heterocycles. The Morgan fingerprint density at radius 1 is 1.06 bits per heavy atom.